The van der Waals surface area contributed by atoms with Crippen LogP contribution in [0.15, 0.2) is 77.9 Å². The maximum atomic E-state index is 13.7. The molecule has 1 saturated heterocycles. The average Bonchev–Trinajstić information content (AvgIpc) is 3.64. The van der Waals surface area contributed by atoms with Crippen LogP contribution in [0.2, 0.25) is 0 Å². The molecule has 3 N–H and O–H groups in total. The molecule has 1 aromatic rings. The van der Waals surface area contributed by atoms with Crippen molar-refractivity contribution in [3.63, 3.8) is 0 Å². The third-order valence-electron chi connectivity index (χ3n) is 8.97. The number of likely N-dealkylation sites (tertiary alicyclic amines) is 1. The van der Waals surface area contributed by atoms with E-state index in [0.717, 1.165) is 66.1 Å². The first-order valence-corrected chi connectivity index (χ1v) is 14.5. The van der Waals surface area contributed by atoms with Gasteiger partial charge in [-0.2, -0.15) is 0 Å². The number of hydrogen-bond donors (Lipinski definition) is 3. The van der Waals surface area contributed by atoms with Crippen molar-refractivity contribution in [3.8, 4) is 0 Å². The van der Waals surface area contributed by atoms with Crippen molar-refractivity contribution in [2.24, 2.45) is 11.8 Å². The quantitative estimate of drug-likeness (QED) is 0.508. The second-order valence-corrected chi connectivity index (χ2v) is 12.8. The van der Waals surface area contributed by atoms with Crippen LogP contribution in [0.1, 0.15) is 64.5 Å². The van der Waals surface area contributed by atoms with Gasteiger partial charge in [0.25, 0.3) is 0 Å². The summed E-state index contributed by atoms with van der Waals surface area (Å²) in [6.07, 6.45) is 16.2. The van der Waals surface area contributed by atoms with E-state index in [9.17, 15) is 9.90 Å². The molecule has 39 heavy (non-hydrogen) atoms. The molecule has 0 radical (unpaired) electrons. The van der Waals surface area contributed by atoms with E-state index in [0.29, 0.717) is 17.7 Å². The predicted molar refractivity (Wildman–Crippen MR) is 154 cm³/mol. The number of carbonyl (C=O) groups is 1. The Morgan fingerprint density at radius 1 is 1.05 bits per heavy atom. The summed E-state index contributed by atoms with van der Waals surface area (Å²) in [6, 6.07) is 8.22. The van der Waals surface area contributed by atoms with Gasteiger partial charge < -0.3 is 25.4 Å². The maximum absolute atomic E-state index is 13.7. The number of aliphatic hydroxyl groups is 1. The van der Waals surface area contributed by atoms with Crippen molar-refractivity contribution in [1.29, 1.82) is 0 Å². The minimum atomic E-state index is -0.886. The molecule has 5 aliphatic rings. The Labute approximate surface area is 232 Å². The number of amides is 1. The molecule has 0 spiro atoms. The highest BCUT2D eigenvalue weighted by molar-refractivity contribution is 5.91. The first-order valence-electron chi connectivity index (χ1n) is 14.5. The summed E-state index contributed by atoms with van der Waals surface area (Å²) in [5.41, 5.74) is 2.93. The van der Waals surface area contributed by atoms with Crippen molar-refractivity contribution in [3.05, 3.63) is 89.0 Å². The number of rotatable bonds is 5. The second-order valence-electron chi connectivity index (χ2n) is 12.8. The van der Waals surface area contributed by atoms with Crippen molar-refractivity contribution in [2.75, 3.05) is 13.1 Å². The highest BCUT2D eigenvalue weighted by Gasteiger charge is 2.53. The molecule has 206 valence electrons. The van der Waals surface area contributed by atoms with Crippen molar-refractivity contribution in [1.82, 2.24) is 15.5 Å². The Morgan fingerprint density at radius 3 is 2.51 bits per heavy atom. The SMILES string of the molecule is CC1CCN(C(=O)C2(c3ccc(C4=CC5NC=CC(C6=CC(C(C)(C)O)NC=C6)=C5O4)cc3)CC2)C[C@H](C)C1. The van der Waals surface area contributed by atoms with Gasteiger partial charge in [0.1, 0.15) is 17.6 Å². The van der Waals surface area contributed by atoms with Crippen LogP contribution >= 0.6 is 0 Å². The third-order valence-corrected chi connectivity index (χ3v) is 8.97. The van der Waals surface area contributed by atoms with Crippen LogP contribution in [0, 0.1) is 11.8 Å². The Bertz CT molecular complexity index is 1290. The number of allylic oxidation sites excluding steroid dienone is 4. The van der Waals surface area contributed by atoms with E-state index in [1.165, 1.54) is 6.42 Å². The van der Waals surface area contributed by atoms with Gasteiger partial charge in [0.15, 0.2) is 0 Å². The fourth-order valence-corrected chi connectivity index (χ4v) is 6.53. The summed E-state index contributed by atoms with van der Waals surface area (Å²) in [6.45, 7) is 9.95. The fourth-order valence-electron chi connectivity index (χ4n) is 6.53. The fraction of sp³-hybridized carbons (Fsp3) is 0.485. The van der Waals surface area contributed by atoms with E-state index in [1.807, 2.05) is 24.6 Å². The highest BCUT2D eigenvalue weighted by atomic mass is 16.5. The Morgan fingerprint density at radius 2 is 1.79 bits per heavy atom. The van der Waals surface area contributed by atoms with Gasteiger partial charge in [-0.25, -0.2) is 0 Å². The molecule has 4 atom stereocenters. The largest absolute Gasteiger partial charge is 0.458 e. The molecular weight excluding hydrogens is 486 g/mol. The topological polar surface area (TPSA) is 73.8 Å². The maximum Gasteiger partial charge on any atom is 0.233 e. The number of fused-ring (bicyclic) bond motifs is 1. The van der Waals surface area contributed by atoms with Crippen LogP contribution in [0.3, 0.4) is 0 Å². The zero-order chi connectivity index (χ0) is 27.4. The summed E-state index contributed by atoms with van der Waals surface area (Å²) in [7, 11) is 0. The van der Waals surface area contributed by atoms with E-state index in [4.69, 9.17) is 4.74 Å². The normalized spacial score (nSPS) is 29.4. The number of nitrogens with zero attached hydrogens (tertiary/aromatic N) is 1. The molecule has 6 rings (SSSR count). The number of benzene rings is 1. The minimum absolute atomic E-state index is 0.0479. The van der Waals surface area contributed by atoms with E-state index in [-0.39, 0.29) is 17.5 Å². The summed E-state index contributed by atoms with van der Waals surface area (Å²) in [4.78, 5) is 15.8. The number of hydrogen-bond acceptors (Lipinski definition) is 5. The Kier molecular flexibility index (Phi) is 6.49. The molecule has 6 heteroatoms. The van der Waals surface area contributed by atoms with E-state index >= 15 is 0 Å². The smallest absolute Gasteiger partial charge is 0.233 e. The van der Waals surface area contributed by atoms with Gasteiger partial charge in [0.2, 0.25) is 5.91 Å². The lowest BCUT2D eigenvalue weighted by Crippen LogP contribution is -2.44. The molecule has 3 unspecified atom stereocenters. The minimum Gasteiger partial charge on any atom is -0.458 e. The van der Waals surface area contributed by atoms with Crippen molar-refractivity contribution in [2.45, 2.75) is 76.5 Å². The van der Waals surface area contributed by atoms with E-state index in [1.54, 1.807) is 13.8 Å². The highest BCUT2D eigenvalue weighted by Crippen LogP contribution is 2.50. The average molecular weight is 528 g/mol. The lowest BCUT2D eigenvalue weighted by molar-refractivity contribution is -0.134. The number of nitrogens with one attached hydrogen (secondary N) is 2. The first-order chi connectivity index (χ1) is 18.6. The van der Waals surface area contributed by atoms with Gasteiger partial charge in [0.05, 0.1) is 17.1 Å². The van der Waals surface area contributed by atoms with E-state index in [2.05, 4.69) is 65.8 Å². The number of carbonyl (C=O) groups excluding carboxylic acids is 1. The summed E-state index contributed by atoms with van der Waals surface area (Å²) in [5.74, 6) is 3.23. The molecule has 1 saturated carbocycles. The van der Waals surface area contributed by atoms with Crippen molar-refractivity contribution >= 4 is 11.7 Å². The molecule has 1 aliphatic carbocycles. The van der Waals surface area contributed by atoms with Gasteiger partial charge in [0, 0.05) is 24.2 Å². The van der Waals surface area contributed by atoms with Crippen LogP contribution in [0.25, 0.3) is 5.76 Å². The standard InChI is InChI=1S/C33H41N3O3/c1-21-11-16-36(20-22(2)17-21)31(37)33(12-13-33)25-7-5-23(6-8-25)28-19-27-30(39-28)26(10-15-34-27)24-9-14-35-29(18-24)32(3,4)38/h5-10,14-15,18-19,21-22,27,29,34-35,38H,11-13,16-17,20H2,1-4H3/t21?,22-,27?,29?/m1/s1. The van der Waals surface area contributed by atoms with Gasteiger partial charge >= 0.3 is 0 Å². The van der Waals surface area contributed by atoms with E-state index < -0.39 is 5.60 Å². The molecule has 1 amide bonds. The molecule has 0 bridgehead atoms. The second kappa shape index (κ2) is 9.74. The lowest BCUT2D eigenvalue weighted by Gasteiger charge is -2.30. The molecule has 2 fully saturated rings. The van der Waals surface area contributed by atoms with Crippen LogP contribution in [-0.4, -0.2) is 46.7 Å². The zero-order valence-electron chi connectivity index (χ0n) is 23.5. The van der Waals surface area contributed by atoms with Crippen LogP contribution in [0.4, 0.5) is 0 Å². The Hall–Kier alpha value is -3.25. The van der Waals surface area contributed by atoms with Crippen molar-refractivity contribution < 1.29 is 14.6 Å². The van der Waals surface area contributed by atoms with Gasteiger partial charge in [-0.05, 0) is 93.1 Å². The zero-order valence-corrected chi connectivity index (χ0v) is 23.5. The monoisotopic (exact) mass is 527 g/mol. The Balaban J connectivity index is 1.20. The predicted octanol–water partition coefficient (Wildman–Crippen LogP) is 4.91. The number of ether oxygens (including phenoxy) is 1. The molecular formula is C33H41N3O3. The van der Waals surface area contributed by atoms with Gasteiger partial charge in [-0.15, -0.1) is 0 Å². The molecule has 4 heterocycles. The summed E-state index contributed by atoms with van der Waals surface area (Å²) in [5, 5.41) is 17.1. The van der Waals surface area contributed by atoms with Crippen LogP contribution in [-0.2, 0) is 14.9 Å². The lowest BCUT2D eigenvalue weighted by atomic mass is 9.90. The molecule has 1 aromatic carbocycles. The number of dihydropyridines is 2. The molecule has 4 aliphatic heterocycles. The van der Waals surface area contributed by atoms with Gasteiger partial charge in [-0.1, -0.05) is 44.2 Å². The third kappa shape index (κ3) is 4.95. The molecule has 0 aromatic heterocycles. The molecule has 6 nitrogen and oxygen atoms in total. The summed E-state index contributed by atoms with van der Waals surface area (Å²) < 4.78 is 6.45. The van der Waals surface area contributed by atoms with Crippen LogP contribution < -0.4 is 10.6 Å². The van der Waals surface area contributed by atoms with Gasteiger partial charge in [-0.3, -0.25) is 4.79 Å². The van der Waals surface area contributed by atoms with Crippen LogP contribution in [0.5, 0.6) is 0 Å². The first kappa shape index (κ1) is 26.0. The summed E-state index contributed by atoms with van der Waals surface area (Å²) >= 11 is 0.